The molecule has 0 atom stereocenters. The van der Waals surface area contributed by atoms with Crippen LogP contribution in [0.4, 0.5) is 5.69 Å². The Morgan fingerprint density at radius 2 is 1.38 bits per heavy atom. The number of nitrogens with zero attached hydrogens (tertiary/aromatic N) is 2. The van der Waals surface area contributed by atoms with Crippen LogP contribution in [0.15, 0.2) is 53.4 Å². The lowest BCUT2D eigenvalue weighted by Gasteiger charge is -2.35. The van der Waals surface area contributed by atoms with Crippen LogP contribution in [0.2, 0.25) is 5.02 Å². The van der Waals surface area contributed by atoms with Gasteiger partial charge in [0.1, 0.15) is 0 Å². The first-order chi connectivity index (χ1) is 12.2. The third-order valence-corrected chi connectivity index (χ3v) is 6.95. The SMILES string of the molecule is CC(C)(C)c1ccc(S(=O)(=O)N2CCN(c3ccc(Cl)cc3)CC2)cc1. The highest BCUT2D eigenvalue weighted by molar-refractivity contribution is 7.89. The molecule has 0 radical (unpaired) electrons. The van der Waals surface area contributed by atoms with Crippen LogP contribution in [0.25, 0.3) is 0 Å². The molecule has 6 heteroatoms. The number of hydrogen-bond acceptors (Lipinski definition) is 3. The molecule has 2 aromatic carbocycles. The third-order valence-electron chi connectivity index (χ3n) is 4.79. The first-order valence-electron chi connectivity index (χ1n) is 8.79. The molecule has 1 aliphatic heterocycles. The van der Waals surface area contributed by atoms with Gasteiger partial charge in [0.2, 0.25) is 10.0 Å². The fourth-order valence-corrected chi connectivity index (χ4v) is 4.66. The van der Waals surface area contributed by atoms with E-state index in [4.69, 9.17) is 11.6 Å². The summed E-state index contributed by atoms with van der Waals surface area (Å²) in [6.07, 6.45) is 0. The standard InChI is InChI=1S/C20H25ClN2O2S/c1-20(2,3)16-4-10-19(11-5-16)26(24,25)23-14-12-22(13-15-23)18-8-6-17(21)7-9-18/h4-11H,12-15H2,1-3H3. The fraction of sp³-hybridized carbons (Fsp3) is 0.400. The van der Waals surface area contributed by atoms with Crippen molar-refractivity contribution < 1.29 is 8.42 Å². The minimum Gasteiger partial charge on any atom is -0.369 e. The Bertz CT molecular complexity index is 848. The van der Waals surface area contributed by atoms with Crippen molar-refractivity contribution in [3.63, 3.8) is 0 Å². The van der Waals surface area contributed by atoms with E-state index in [1.807, 2.05) is 36.4 Å². The average molecular weight is 393 g/mol. The fourth-order valence-electron chi connectivity index (χ4n) is 3.11. The van der Waals surface area contributed by atoms with E-state index in [1.165, 1.54) is 0 Å². The lowest BCUT2D eigenvalue weighted by atomic mass is 9.87. The molecule has 0 aliphatic carbocycles. The zero-order valence-corrected chi connectivity index (χ0v) is 17.0. The Morgan fingerprint density at radius 1 is 0.846 bits per heavy atom. The Balaban J connectivity index is 1.70. The van der Waals surface area contributed by atoms with Crippen LogP contribution in [-0.2, 0) is 15.4 Å². The normalized spacial score (nSPS) is 16.7. The highest BCUT2D eigenvalue weighted by Gasteiger charge is 2.29. The Hall–Kier alpha value is -1.56. The van der Waals surface area contributed by atoms with Gasteiger partial charge in [0.05, 0.1) is 4.90 Å². The van der Waals surface area contributed by atoms with Crippen LogP contribution in [0.5, 0.6) is 0 Å². The molecule has 3 rings (SSSR count). The second-order valence-electron chi connectivity index (χ2n) is 7.64. The number of rotatable bonds is 3. The first kappa shape index (κ1) is 19.2. The highest BCUT2D eigenvalue weighted by Crippen LogP contribution is 2.26. The molecule has 1 fully saturated rings. The van der Waals surface area contributed by atoms with E-state index < -0.39 is 10.0 Å². The smallest absolute Gasteiger partial charge is 0.243 e. The quantitative estimate of drug-likeness (QED) is 0.787. The zero-order chi connectivity index (χ0) is 18.9. The summed E-state index contributed by atoms with van der Waals surface area (Å²) in [7, 11) is -3.45. The molecular weight excluding hydrogens is 368 g/mol. The van der Waals surface area contributed by atoms with Crippen molar-refractivity contribution >= 4 is 27.3 Å². The molecule has 26 heavy (non-hydrogen) atoms. The summed E-state index contributed by atoms with van der Waals surface area (Å²) in [4.78, 5) is 2.55. The topological polar surface area (TPSA) is 40.6 Å². The van der Waals surface area contributed by atoms with Crippen molar-refractivity contribution in [2.45, 2.75) is 31.1 Å². The summed E-state index contributed by atoms with van der Waals surface area (Å²) >= 11 is 5.93. The molecule has 0 N–H and O–H groups in total. The van der Waals surface area contributed by atoms with Gasteiger partial charge in [-0.3, -0.25) is 0 Å². The van der Waals surface area contributed by atoms with Crippen LogP contribution < -0.4 is 4.90 Å². The van der Waals surface area contributed by atoms with Crippen molar-refractivity contribution in [2.75, 3.05) is 31.1 Å². The summed E-state index contributed by atoms with van der Waals surface area (Å²) in [5.41, 5.74) is 2.21. The predicted molar refractivity (Wildman–Crippen MR) is 108 cm³/mol. The molecule has 1 saturated heterocycles. The lowest BCUT2D eigenvalue weighted by Crippen LogP contribution is -2.48. The molecule has 0 bridgehead atoms. The zero-order valence-electron chi connectivity index (χ0n) is 15.4. The maximum absolute atomic E-state index is 12.9. The van der Waals surface area contributed by atoms with Gasteiger partial charge in [-0.2, -0.15) is 4.31 Å². The number of halogens is 1. The molecule has 0 amide bonds. The number of benzene rings is 2. The molecule has 1 aliphatic rings. The van der Waals surface area contributed by atoms with E-state index in [2.05, 4.69) is 25.7 Å². The van der Waals surface area contributed by atoms with Crippen molar-refractivity contribution in [3.8, 4) is 0 Å². The van der Waals surface area contributed by atoms with Gasteiger partial charge in [0, 0.05) is 36.9 Å². The van der Waals surface area contributed by atoms with Crippen LogP contribution in [0, 0.1) is 0 Å². The Morgan fingerprint density at radius 3 is 1.88 bits per heavy atom. The van der Waals surface area contributed by atoms with Gasteiger partial charge in [0.25, 0.3) is 0 Å². The summed E-state index contributed by atoms with van der Waals surface area (Å²) < 4.78 is 27.4. The van der Waals surface area contributed by atoms with Gasteiger partial charge in [-0.1, -0.05) is 44.5 Å². The molecule has 0 saturated carbocycles. The van der Waals surface area contributed by atoms with Crippen molar-refractivity contribution in [1.29, 1.82) is 0 Å². The Kier molecular flexibility index (Phi) is 5.33. The van der Waals surface area contributed by atoms with Gasteiger partial charge in [-0.05, 0) is 47.4 Å². The van der Waals surface area contributed by atoms with Crippen molar-refractivity contribution in [1.82, 2.24) is 4.31 Å². The van der Waals surface area contributed by atoms with Crippen molar-refractivity contribution in [3.05, 3.63) is 59.1 Å². The van der Waals surface area contributed by atoms with E-state index in [0.29, 0.717) is 36.1 Å². The lowest BCUT2D eigenvalue weighted by molar-refractivity contribution is 0.385. The largest absolute Gasteiger partial charge is 0.369 e. The van der Waals surface area contributed by atoms with Gasteiger partial charge >= 0.3 is 0 Å². The summed E-state index contributed by atoms with van der Waals surface area (Å²) in [6, 6.07) is 14.9. The first-order valence-corrected chi connectivity index (χ1v) is 10.6. The van der Waals surface area contributed by atoms with E-state index >= 15 is 0 Å². The summed E-state index contributed by atoms with van der Waals surface area (Å²) in [6.45, 7) is 8.64. The van der Waals surface area contributed by atoms with Crippen LogP contribution >= 0.6 is 11.6 Å². The molecular formula is C20H25ClN2O2S. The van der Waals surface area contributed by atoms with Crippen LogP contribution in [0.1, 0.15) is 26.3 Å². The van der Waals surface area contributed by atoms with E-state index in [9.17, 15) is 8.42 Å². The van der Waals surface area contributed by atoms with Gasteiger partial charge in [-0.25, -0.2) is 8.42 Å². The van der Waals surface area contributed by atoms with E-state index in [-0.39, 0.29) is 5.41 Å². The van der Waals surface area contributed by atoms with Crippen LogP contribution in [0.3, 0.4) is 0 Å². The second-order valence-corrected chi connectivity index (χ2v) is 10.0. The summed E-state index contributed by atoms with van der Waals surface area (Å²) in [5.74, 6) is 0. The maximum atomic E-state index is 12.9. The minimum atomic E-state index is -3.45. The molecule has 0 unspecified atom stereocenters. The Labute approximate surface area is 161 Å². The number of hydrogen-bond donors (Lipinski definition) is 0. The summed E-state index contributed by atoms with van der Waals surface area (Å²) in [5, 5.41) is 0.702. The van der Waals surface area contributed by atoms with Crippen LogP contribution in [-0.4, -0.2) is 38.9 Å². The molecule has 140 valence electrons. The van der Waals surface area contributed by atoms with Gasteiger partial charge in [-0.15, -0.1) is 0 Å². The molecule has 0 aromatic heterocycles. The monoisotopic (exact) mass is 392 g/mol. The van der Waals surface area contributed by atoms with Crippen molar-refractivity contribution in [2.24, 2.45) is 0 Å². The minimum absolute atomic E-state index is 0.00645. The van der Waals surface area contributed by atoms with E-state index in [1.54, 1.807) is 16.4 Å². The highest BCUT2D eigenvalue weighted by atomic mass is 35.5. The predicted octanol–water partition coefficient (Wildman–Crippen LogP) is 4.15. The molecule has 2 aromatic rings. The molecule has 1 heterocycles. The van der Waals surface area contributed by atoms with Gasteiger partial charge in [0.15, 0.2) is 0 Å². The maximum Gasteiger partial charge on any atom is 0.243 e. The number of anilines is 1. The van der Waals surface area contributed by atoms with E-state index in [0.717, 1.165) is 11.3 Å². The number of sulfonamides is 1. The molecule has 0 spiro atoms. The molecule has 4 nitrogen and oxygen atoms in total. The number of piperazine rings is 1. The average Bonchev–Trinajstić information content (AvgIpc) is 2.62. The third kappa shape index (κ3) is 4.05. The van der Waals surface area contributed by atoms with Gasteiger partial charge < -0.3 is 4.90 Å². The second kappa shape index (κ2) is 7.22.